The van der Waals surface area contributed by atoms with Crippen molar-refractivity contribution in [2.24, 2.45) is 0 Å². The standard InChI is InChI=1S/C50H31NO/c1-5-17-38-32(12-1)15-11-22-42(38)44-28-29-46(49-45-21-9-10-23-48(45)52-50(44)49)51(36-26-27-40-35(30-36)25-24-33-13-2-4-16-37(33)40)47-31-34-14-3-6-18-39(34)41-19-7-8-20-43(41)47/h1-31H. The van der Waals surface area contributed by atoms with Crippen molar-refractivity contribution in [3.63, 3.8) is 0 Å². The van der Waals surface area contributed by atoms with Crippen LogP contribution in [0.4, 0.5) is 17.1 Å². The van der Waals surface area contributed by atoms with Crippen molar-refractivity contribution in [3.05, 3.63) is 188 Å². The second-order valence-electron chi connectivity index (χ2n) is 13.7. The van der Waals surface area contributed by atoms with Gasteiger partial charge in [0, 0.05) is 22.0 Å². The zero-order chi connectivity index (χ0) is 34.2. The Morgan fingerprint density at radius 2 is 0.904 bits per heavy atom. The number of rotatable bonds is 4. The summed E-state index contributed by atoms with van der Waals surface area (Å²) in [5.41, 5.74) is 7.29. The number of hydrogen-bond donors (Lipinski definition) is 0. The van der Waals surface area contributed by atoms with Gasteiger partial charge >= 0.3 is 0 Å². The predicted octanol–water partition coefficient (Wildman–Crippen LogP) is 14.5. The summed E-state index contributed by atoms with van der Waals surface area (Å²) in [6.07, 6.45) is 0. The molecule has 2 nitrogen and oxygen atoms in total. The Balaban J connectivity index is 1.27. The Morgan fingerprint density at radius 3 is 1.73 bits per heavy atom. The molecule has 0 aliphatic heterocycles. The maximum absolute atomic E-state index is 6.90. The van der Waals surface area contributed by atoms with Gasteiger partial charge in [0.15, 0.2) is 0 Å². The normalized spacial score (nSPS) is 11.8. The van der Waals surface area contributed by atoms with Gasteiger partial charge in [-0.1, -0.05) is 152 Å². The molecule has 0 bridgehead atoms. The Kier molecular flexibility index (Phi) is 6.28. The Labute approximate surface area is 300 Å². The second kappa shape index (κ2) is 11.3. The van der Waals surface area contributed by atoms with E-state index >= 15 is 0 Å². The third-order valence-corrected chi connectivity index (χ3v) is 10.8. The first-order valence-electron chi connectivity index (χ1n) is 17.8. The van der Waals surface area contributed by atoms with Crippen molar-refractivity contribution in [3.8, 4) is 11.1 Å². The van der Waals surface area contributed by atoms with Crippen LogP contribution < -0.4 is 4.90 Å². The first-order chi connectivity index (χ1) is 25.8. The predicted molar refractivity (Wildman–Crippen MR) is 221 cm³/mol. The van der Waals surface area contributed by atoms with Crippen LogP contribution in [0.1, 0.15) is 0 Å². The van der Waals surface area contributed by atoms with E-state index in [4.69, 9.17) is 4.42 Å². The summed E-state index contributed by atoms with van der Waals surface area (Å²) in [4.78, 5) is 2.46. The van der Waals surface area contributed by atoms with Crippen molar-refractivity contribution < 1.29 is 4.42 Å². The largest absolute Gasteiger partial charge is 0.455 e. The highest BCUT2D eigenvalue weighted by molar-refractivity contribution is 6.21. The molecule has 242 valence electrons. The van der Waals surface area contributed by atoms with E-state index < -0.39 is 0 Å². The van der Waals surface area contributed by atoms with Gasteiger partial charge < -0.3 is 9.32 Å². The smallest absolute Gasteiger partial charge is 0.145 e. The Hall–Kier alpha value is -6.90. The summed E-state index contributed by atoms with van der Waals surface area (Å²) in [5, 5.41) is 14.4. The first kappa shape index (κ1) is 28.9. The molecule has 11 rings (SSSR count). The van der Waals surface area contributed by atoms with E-state index in [0.717, 1.165) is 50.1 Å². The fourth-order valence-electron chi connectivity index (χ4n) is 8.44. The van der Waals surface area contributed by atoms with Gasteiger partial charge in [-0.2, -0.15) is 0 Å². The summed E-state index contributed by atoms with van der Waals surface area (Å²) in [6.45, 7) is 0. The lowest BCUT2D eigenvalue weighted by atomic mass is 9.94. The zero-order valence-corrected chi connectivity index (χ0v) is 28.3. The summed E-state index contributed by atoms with van der Waals surface area (Å²) < 4.78 is 6.90. The Morgan fingerprint density at radius 1 is 0.327 bits per heavy atom. The monoisotopic (exact) mass is 661 g/mol. The molecule has 0 atom stereocenters. The van der Waals surface area contributed by atoms with Gasteiger partial charge in [0.05, 0.1) is 16.8 Å². The number of furan rings is 1. The lowest BCUT2D eigenvalue weighted by Gasteiger charge is -2.29. The number of anilines is 3. The molecule has 2 heteroatoms. The molecule has 11 aromatic rings. The minimum atomic E-state index is 0.875. The minimum Gasteiger partial charge on any atom is -0.455 e. The van der Waals surface area contributed by atoms with Gasteiger partial charge in [-0.3, -0.25) is 0 Å². The lowest BCUT2D eigenvalue weighted by Crippen LogP contribution is -2.11. The molecule has 0 fully saturated rings. The third-order valence-electron chi connectivity index (χ3n) is 10.8. The van der Waals surface area contributed by atoms with Gasteiger partial charge in [-0.15, -0.1) is 0 Å². The minimum absolute atomic E-state index is 0.875. The van der Waals surface area contributed by atoms with Crippen molar-refractivity contribution in [1.82, 2.24) is 0 Å². The van der Waals surface area contributed by atoms with Gasteiger partial charge in [-0.25, -0.2) is 0 Å². The van der Waals surface area contributed by atoms with Crippen molar-refractivity contribution >= 4 is 92.9 Å². The van der Waals surface area contributed by atoms with E-state index in [-0.39, 0.29) is 0 Å². The lowest BCUT2D eigenvalue weighted by molar-refractivity contribution is 0.670. The van der Waals surface area contributed by atoms with Crippen LogP contribution in [0.2, 0.25) is 0 Å². The topological polar surface area (TPSA) is 16.4 Å². The SMILES string of the molecule is c1ccc2c(-c3ccc(N(c4ccc5c(ccc6ccccc65)c4)c4cc5ccccc5c5ccccc45)c4c3oc3ccccc34)cccc2c1. The number of nitrogens with zero attached hydrogens (tertiary/aromatic N) is 1. The highest BCUT2D eigenvalue weighted by atomic mass is 16.3. The van der Waals surface area contributed by atoms with Gasteiger partial charge in [0.2, 0.25) is 0 Å². The summed E-state index contributed by atoms with van der Waals surface area (Å²) in [5.74, 6) is 0. The third kappa shape index (κ3) is 4.31. The number of fused-ring (bicyclic) bond motifs is 10. The quantitative estimate of drug-likeness (QED) is 0.175. The van der Waals surface area contributed by atoms with Crippen molar-refractivity contribution in [2.75, 3.05) is 4.90 Å². The van der Waals surface area contributed by atoms with Gasteiger partial charge in [-0.05, 0) is 90.4 Å². The molecule has 10 aromatic carbocycles. The molecule has 0 amide bonds. The molecule has 52 heavy (non-hydrogen) atoms. The van der Waals surface area contributed by atoms with E-state index in [1.165, 1.54) is 53.9 Å². The second-order valence-corrected chi connectivity index (χ2v) is 13.7. The van der Waals surface area contributed by atoms with E-state index in [9.17, 15) is 0 Å². The van der Waals surface area contributed by atoms with Crippen LogP contribution in [-0.2, 0) is 0 Å². The van der Waals surface area contributed by atoms with Crippen molar-refractivity contribution in [1.29, 1.82) is 0 Å². The maximum atomic E-state index is 6.90. The van der Waals surface area contributed by atoms with Gasteiger partial charge in [0.1, 0.15) is 11.2 Å². The maximum Gasteiger partial charge on any atom is 0.145 e. The van der Waals surface area contributed by atoms with E-state index in [1.807, 2.05) is 0 Å². The van der Waals surface area contributed by atoms with Crippen LogP contribution in [0.25, 0.3) is 86.9 Å². The van der Waals surface area contributed by atoms with E-state index in [1.54, 1.807) is 0 Å². The molecule has 0 unspecified atom stereocenters. The average Bonchev–Trinajstić information content (AvgIpc) is 3.61. The van der Waals surface area contributed by atoms with Crippen LogP contribution in [0.3, 0.4) is 0 Å². The molecule has 0 aliphatic rings. The molecule has 0 aliphatic carbocycles. The number of para-hydroxylation sites is 1. The van der Waals surface area contributed by atoms with E-state index in [2.05, 4.69) is 193 Å². The molecule has 0 N–H and O–H groups in total. The van der Waals surface area contributed by atoms with Crippen LogP contribution in [0, 0.1) is 0 Å². The summed E-state index contributed by atoms with van der Waals surface area (Å²) >= 11 is 0. The highest BCUT2D eigenvalue weighted by Gasteiger charge is 2.24. The molecular formula is C50H31NO. The summed E-state index contributed by atoms with van der Waals surface area (Å²) in [7, 11) is 0. The average molecular weight is 662 g/mol. The number of hydrogen-bond acceptors (Lipinski definition) is 2. The van der Waals surface area contributed by atoms with Crippen LogP contribution >= 0.6 is 0 Å². The Bertz CT molecular complexity index is 3200. The van der Waals surface area contributed by atoms with Crippen LogP contribution in [0.5, 0.6) is 0 Å². The molecule has 0 radical (unpaired) electrons. The molecule has 0 saturated carbocycles. The van der Waals surface area contributed by atoms with E-state index in [0.29, 0.717) is 0 Å². The fourth-order valence-corrected chi connectivity index (χ4v) is 8.44. The number of benzene rings is 10. The molecule has 0 saturated heterocycles. The van der Waals surface area contributed by atoms with Gasteiger partial charge in [0.25, 0.3) is 0 Å². The fraction of sp³-hybridized carbons (Fsp3) is 0. The molecule has 1 heterocycles. The van der Waals surface area contributed by atoms with Crippen molar-refractivity contribution in [2.45, 2.75) is 0 Å². The zero-order valence-electron chi connectivity index (χ0n) is 28.3. The highest BCUT2D eigenvalue weighted by Crippen LogP contribution is 2.49. The summed E-state index contributed by atoms with van der Waals surface area (Å²) in [6, 6.07) is 68.1. The van der Waals surface area contributed by atoms with Crippen LogP contribution in [-0.4, -0.2) is 0 Å². The molecule has 0 spiro atoms. The molecular weight excluding hydrogens is 631 g/mol. The molecule has 1 aromatic heterocycles. The first-order valence-corrected chi connectivity index (χ1v) is 17.8. The van der Waals surface area contributed by atoms with Crippen LogP contribution in [0.15, 0.2) is 192 Å².